The zero-order valence-corrected chi connectivity index (χ0v) is 11.1. The standard InChI is InChI=1S/C15H24N2O/c18-15(13-4-1-2-5-13)17-10-7-12(8-11-17)14-6-3-9-16-14/h1-2,12-14,16H,3-11H2. The number of allylic oxidation sites excluding steroid dienone is 2. The van der Waals surface area contributed by atoms with Crippen LogP contribution >= 0.6 is 0 Å². The molecule has 3 aliphatic rings. The summed E-state index contributed by atoms with van der Waals surface area (Å²) in [5.41, 5.74) is 0. The zero-order chi connectivity index (χ0) is 12.4. The van der Waals surface area contributed by atoms with Crippen molar-refractivity contribution in [1.82, 2.24) is 10.2 Å². The van der Waals surface area contributed by atoms with Crippen LogP contribution in [0.25, 0.3) is 0 Å². The Bertz CT molecular complexity index is 317. The van der Waals surface area contributed by atoms with Crippen molar-refractivity contribution >= 4 is 5.91 Å². The maximum Gasteiger partial charge on any atom is 0.226 e. The number of hydrogen-bond acceptors (Lipinski definition) is 2. The Kier molecular flexibility index (Phi) is 3.69. The van der Waals surface area contributed by atoms with Gasteiger partial charge >= 0.3 is 0 Å². The fraction of sp³-hybridized carbons (Fsp3) is 0.800. The highest BCUT2D eigenvalue weighted by atomic mass is 16.2. The highest BCUT2D eigenvalue weighted by Gasteiger charge is 2.32. The van der Waals surface area contributed by atoms with Crippen LogP contribution in [0.4, 0.5) is 0 Å². The molecule has 0 radical (unpaired) electrons. The smallest absolute Gasteiger partial charge is 0.226 e. The molecule has 0 spiro atoms. The van der Waals surface area contributed by atoms with Crippen molar-refractivity contribution in [2.75, 3.05) is 19.6 Å². The molecule has 0 aromatic carbocycles. The van der Waals surface area contributed by atoms with E-state index in [1.165, 1.54) is 32.2 Å². The second kappa shape index (κ2) is 5.43. The molecule has 3 heteroatoms. The van der Waals surface area contributed by atoms with E-state index in [9.17, 15) is 4.79 Å². The quantitative estimate of drug-likeness (QED) is 0.758. The summed E-state index contributed by atoms with van der Waals surface area (Å²) < 4.78 is 0. The Balaban J connectivity index is 1.48. The van der Waals surface area contributed by atoms with Crippen molar-refractivity contribution in [2.45, 2.75) is 44.6 Å². The van der Waals surface area contributed by atoms with Crippen molar-refractivity contribution in [3.05, 3.63) is 12.2 Å². The van der Waals surface area contributed by atoms with E-state index in [1.807, 2.05) is 0 Å². The molecule has 2 aliphatic heterocycles. The van der Waals surface area contributed by atoms with E-state index in [4.69, 9.17) is 0 Å². The monoisotopic (exact) mass is 248 g/mol. The Hall–Kier alpha value is -0.830. The number of carbonyl (C=O) groups is 1. The number of rotatable bonds is 2. The Morgan fingerprint density at radius 2 is 1.83 bits per heavy atom. The fourth-order valence-corrected chi connectivity index (χ4v) is 3.71. The van der Waals surface area contributed by atoms with Crippen LogP contribution in [0.3, 0.4) is 0 Å². The SMILES string of the molecule is O=C(C1CC=CC1)N1CCC(C2CCCN2)CC1. The van der Waals surface area contributed by atoms with Crippen molar-refractivity contribution < 1.29 is 4.79 Å². The number of piperidine rings is 1. The molecule has 0 aromatic heterocycles. The highest BCUT2D eigenvalue weighted by molar-refractivity contribution is 5.79. The van der Waals surface area contributed by atoms with Gasteiger partial charge in [0.1, 0.15) is 0 Å². The van der Waals surface area contributed by atoms with Crippen molar-refractivity contribution in [1.29, 1.82) is 0 Å². The number of amides is 1. The molecule has 1 N–H and O–H groups in total. The van der Waals surface area contributed by atoms with Gasteiger partial charge in [-0.3, -0.25) is 4.79 Å². The van der Waals surface area contributed by atoms with Gasteiger partial charge in [-0.1, -0.05) is 12.2 Å². The summed E-state index contributed by atoms with van der Waals surface area (Å²) in [5.74, 6) is 1.46. The first-order valence-electron chi connectivity index (χ1n) is 7.52. The molecule has 2 heterocycles. The van der Waals surface area contributed by atoms with Gasteiger partial charge in [-0.2, -0.15) is 0 Å². The molecule has 0 saturated carbocycles. The van der Waals surface area contributed by atoms with Gasteiger partial charge in [-0.25, -0.2) is 0 Å². The number of nitrogens with one attached hydrogen (secondary N) is 1. The predicted octanol–water partition coefficient (Wildman–Crippen LogP) is 1.94. The van der Waals surface area contributed by atoms with Crippen LogP contribution in [0, 0.1) is 11.8 Å². The molecule has 1 unspecified atom stereocenters. The summed E-state index contributed by atoms with van der Waals surface area (Å²) in [6.45, 7) is 3.16. The van der Waals surface area contributed by atoms with Crippen molar-refractivity contribution in [3.63, 3.8) is 0 Å². The van der Waals surface area contributed by atoms with Crippen LogP contribution in [0.1, 0.15) is 38.5 Å². The fourth-order valence-electron chi connectivity index (χ4n) is 3.71. The molecule has 0 aromatic rings. The summed E-state index contributed by atoms with van der Waals surface area (Å²) >= 11 is 0. The average Bonchev–Trinajstić information content (AvgIpc) is 3.11. The number of nitrogens with zero attached hydrogens (tertiary/aromatic N) is 1. The second-order valence-electron chi connectivity index (χ2n) is 6.01. The molecular weight excluding hydrogens is 224 g/mol. The van der Waals surface area contributed by atoms with E-state index < -0.39 is 0 Å². The minimum absolute atomic E-state index is 0.256. The van der Waals surface area contributed by atoms with Gasteiger partial charge in [-0.05, 0) is 51.0 Å². The Labute approximate surface area is 110 Å². The topological polar surface area (TPSA) is 32.3 Å². The molecule has 1 atom stereocenters. The molecular formula is C15H24N2O. The van der Waals surface area contributed by atoms with Crippen LogP contribution in [0.15, 0.2) is 12.2 Å². The van der Waals surface area contributed by atoms with Crippen LogP contribution in [-0.4, -0.2) is 36.5 Å². The number of hydrogen-bond donors (Lipinski definition) is 1. The lowest BCUT2D eigenvalue weighted by molar-refractivity contribution is -0.136. The minimum atomic E-state index is 0.256. The third-order valence-corrected chi connectivity index (χ3v) is 4.88. The largest absolute Gasteiger partial charge is 0.342 e. The molecule has 1 amide bonds. The highest BCUT2D eigenvalue weighted by Crippen LogP contribution is 2.28. The number of likely N-dealkylation sites (tertiary alicyclic amines) is 1. The van der Waals surface area contributed by atoms with E-state index in [1.54, 1.807) is 0 Å². The predicted molar refractivity (Wildman–Crippen MR) is 72.2 cm³/mol. The first kappa shape index (κ1) is 12.2. The molecule has 3 rings (SSSR count). The zero-order valence-electron chi connectivity index (χ0n) is 11.1. The average molecular weight is 248 g/mol. The normalized spacial score (nSPS) is 30.2. The molecule has 2 fully saturated rings. The third-order valence-electron chi connectivity index (χ3n) is 4.88. The summed E-state index contributed by atoms with van der Waals surface area (Å²) in [5, 5.41) is 3.61. The molecule has 1 aliphatic carbocycles. The molecule has 100 valence electrons. The van der Waals surface area contributed by atoms with Gasteiger partial charge in [-0.15, -0.1) is 0 Å². The maximum atomic E-state index is 12.3. The Morgan fingerprint density at radius 1 is 1.11 bits per heavy atom. The van der Waals surface area contributed by atoms with Gasteiger partial charge in [0.2, 0.25) is 5.91 Å². The number of carbonyl (C=O) groups excluding carboxylic acids is 1. The summed E-state index contributed by atoms with van der Waals surface area (Å²) in [7, 11) is 0. The van der Waals surface area contributed by atoms with Gasteiger partial charge in [0.25, 0.3) is 0 Å². The molecule has 0 bridgehead atoms. The molecule has 18 heavy (non-hydrogen) atoms. The van der Waals surface area contributed by atoms with E-state index >= 15 is 0 Å². The van der Waals surface area contributed by atoms with Crippen LogP contribution in [0.5, 0.6) is 0 Å². The van der Waals surface area contributed by atoms with E-state index in [0.717, 1.165) is 37.9 Å². The maximum absolute atomic E-state index is 12.3. The van der Waals surface area contributed by atoms with E-state index in [2.05, 4.69) is 22.4 Å². The second-order valence-corrected chi connectivity index (χ2v) is 6.01. The van der Waals surface area contributed by atoms with Crippen LogP contribution in [-0.2, 0) is 4.79 Å². The van der Waals surface area contributed by atoms with Crippen LogP contribution < -0.4 is 5.32 Å². The van der Waals surface area contributed by atoms with Gasteiger partial charge in [0.05, 0.1) is 0 Å². The first-order chi connectivity index (χ1) is 8.84. The third kappa shape index (κ3) is 2.46. The Morgan fingerprint density at radius 3 is 2.44 bits per heavy atom. The van der Waals surface area contributed by atoms with Gasteiger partial charge in [0, 0.05) is 25.0 Å². The first-order valence-corrected chi connectivity index (χ1v) is 7.52. The molecule has 3 nitrogen and oxygen atoms in total. The minimum Gasteiger partial charge on any atom is -0.342 e. The van der Waals surface area contributed by atoms with Crippen LogP contribution in [0.2, 0.25) is 0 Å². The van der Waals surface area contributed by atoms with Crippen molar-refractivity contribution in [3.8, 4) is 0 Å². The van der Waals surface area contributed by atoms with Gasteiger partial charge < -0.3 is 10.2 Å². The molecule has 2 saturated heterocycles. The lowest BCUT2D eigenvalue weighted by atomic mass is 9.88. The lowest BCUT2D eigenvalue weighted by Crippen LogP contribution is -2.45. The summed E-state index contributed by atoms with van der Waals surface area (Å²) in [4.78, 5) is 14.4. The van der Waals surface area contributed by atoms with Crippen molar-refractivity contribution in [2.24, 2.45) is 11.8 Å². The summed E-state index contributed by atoms with van der Waals surface area (Å²) in [6.07, 6.45) is 11.3. The summed E-state index contributed by atoms with van der Waals surface area (Å²) in [6, 6.07) is 0.732. The lowest BCUT2D eigenvalue weighted by Gasteiger charge is -2.36. The van der Waals surface area contributed by atoms with E-state index in [-0.39, 0.29) is 5.92 Å². The van der Waals surface area contributed by atoms with Gasteiger partial charge in [0.15, 0.2) is 0 Å². The van der Waals surface area contributed by atoms with E-state index in [0.29, 0.717) is 5.91 Å².